The molecule has 0 aliphatic carbocycles. The molecular formula is C5H6BClFNO2. The summed E-state index contributed by atoms with van der Waals surface area (Å²) in [5, 5.41) is 17.0. The zero-order valence-electron chi connectivity index (χ0n) is 5.44. The van der Waals surface area contributed by atoms with Crippen LogP contribution in [0.1, 0.15) is 0 Å². The molecule has 1 aromatic heterocycles. The predicted molar refractivity (Wildman–Crippen MR) is 41.3 cm³/mol. The Morgan fingerprint density at radius 2 is 2.09 bits per heavy atom. The van der Waals surface area contributed by atoms with Gasteiger partial charge in [0.2, 0.25) is 0 Å². The zero-order valence-corrected chi connectivity index (χ0v) is 6.25. The molecule has 0 saturated heterocycles. The molecule has 1 aromatic rings. The summed E-state index contributed by atoms with van der Waals surface area (Å²) in [5.74, 6) is -0.662. The minimum atomic E-state index is -1.78. The Morgan fingerprint density at radius 3 is 2.45 bits per heavy atom. The number of pyridine rings is 1. The fourth-order valence-corrected chi connectivity index (χ4v) is 0.580. The van der Waals surface area contributed by atoms with Crippen LogP contribution in [0, 0.1) is 5.82 Å². The largest absolute Gasteiger partial charge is 0.493 e. The highest BCUT2D eigenvalue weighted by atomic mass is 35.5. The van der Waals surface area contributed by atoms with Gasteiger partial charge in [0, 0.05) is 17.9 Å². The molecule has 0 amide bonds. The maximum absolute atomic E-state index is 12.5. The van der Waals surface area contributed by atoms with E-state index in [2.05, 4.69) is 4.98 Å². The van der Waals surface area contributed by atoms with E-state index < -0.39 is 12.9 Å². The van der Waals surface area contributed by atoms with E-state index in [4.69, 9.17) is 10.0 Å². The number of hydrogen-bond acceptors (Lipinski definition) is 3. The van der Waals surface area contributed by atoms with Gasteiger partial charge < -0.3 is 10.0 Å². The van der Waals surface area contributed by atoms with Crippen LogP contribution < -0.4 is 5.46 Å². The molecule has 11 heavy (non-hydrogen) atoms. The lowest BCUT2D eigenvalue weighted by atomic mass is 9.81. The standard InChI is InChI=1S/C5H5BFNO2.ClH/c7-5-1-2-8-3-4(5)6(9)10;/h1-3,9-10H;1H. The van der Waals surface area contributed by atoms with E-state index in [9.17, 15) is 4.39 Å². The van der Waals surface area contributed by atoms with Crippen molar-refractivity contribution in [2.24, 2.45) is 0 Å². The Balaban J connectivity index is 0.000001000. The third-order valence-electron chi connectivity index (χ3n) is 1.07. The van der Waals surface area contributed by atoms with Crippen LogP contribution in [0.15, 0.2) is 18.5 Å². The maximum Gasteiger partial charge on any atom is 0.493 e. The lowest BCUT2D eigenvalue weighted by molar-refractivity contribution is 0.423. The first-order chi connectivity index (χ1) is 4.72. The molecular weight excluding hydrogens is 171 g/mol. The van der Waals surface area contributed by atoms with Crippen molar-refractivity contribution >= 4 is 25.0 Å². The highest BCUT2D eigenvalue weighted by Gasteiger charge is 2.15. The molecule has 1 heterocycles. The molecule has 0 aliphatic heterocycles. The Labute approximate surface area is 69.5 Å². The summed E-state index contributed by atoms with van der Waals surface area (Å²) >= 11 is 0. The molecule has 0 spiro atoms. The molecule has 60 valence electrons. The van der Waals surface area contributed by atoms with Crippen molar-refractivity contribution in [3.8, 4) is 0 Å². The summed E-state index contributed by atoms with van der Waals surface area (Å²) in [6.07, 6.45) is 2.31. The van der Waals surface area contributed by atoms with Gasteiger partial charge in [-0.3, -0.25) is 4.98 Å². The van der Waals surface area contributed by atoms with Crippen molar-refractivity contribution in [1.82, 2.24) is 4.98 Å². The lowest BCUT2D eigenvalue weighted by Gasteiger charge is -1.97. The fourth-order valence-electron chi connectivity index (χ4n) is 0.580. The number of nitrogens with zero attached hydrogens (tertiary/aromatic N) is 1. The van der Waals surface area contributed by atoms with Gasteiger partial charge in [-0.05, 0) is 6.07 Å². The molecule has 0 saturated carbocycles. The molecule has 0 fully saturated rings. The zero-order chi connectivity index (χ0) is 7.56. The quantitative estimate of drug-likeness (QED) is 0.559. The Bertz CT molecular complexity index is 235. The van der Waals surface area contributed by atoms with E-state index in [1.54, 1.807) is 0 Å². The molecule has 0 atom stereocenters. The Hall–Kier alpha value is -0.645. The van der Waals surface area contributed by atoms with Crippen molar-refractivity contribution < 1.29 is 14.4 Å². The Morgan fingerprint density at radius 1 is 1.45 bits per heavy atom. The number of rotatable bonds is 1. The van der Waals surface area contributed by atoms with Crippen LogP contribution in [-0.2, 0) is 0 Å². The third-order valence-corrected chi connectivity index (χ3v) is 1.07. The van der Waals surface area contributed by atoms with Crippen LogP contribution in [0.25, 0.3) is 0 Å². The van der Waals surface area contributed by atoms with Crippen LogP contribution in [-0.4, -0.2) is 22.2 Å². The number of aromatic nitrogens is 1. The predicted octanol–water partition coefficient (Wildman–Crippen LogP) is -0.678. The summed E-state index contributed by atoms with van der Waals surface area (Å²) in [7, 11) is -1.78. The lowest BCUT2D eigenvalue weighted by Crippen LogP contribution is -2.32. The normalized spacial score (nSPS) is 8.64. The van der Waals surface area contributed by atoms with Gasteiger partial charge >= 0.3 is 7.12 Å². The van der Waals surface area contributed by atoms with Gasteiger partial charge in [-0.25, -0.2) is 4.39 Å². The van der Waals surface area contributed by atoms with Crippen molar-refractivity contribution in [3.05, 3.63) is 24.3 Å². The summed E-state index contributed by atoms with van der Waals surface area (Å²) in [6.45, 7) is 0. The summed E-state index contributed by atoms with van der Waals surface area (Å²) in [6, 6.07) is 1.06. The summed E-state index contributed by atoms with van der Waals surface area (Å²) in [4.78, 5) is 3.51. The molecule has 1 rings (SSSR count). The van der Waals surface area contributed by atoms with Crippen LogP contribution in [0.5, 0.6) is 0 Å². The van der Waals surface area contributed by atoms with Crippen LogP contribution in [0.2, 0.25) is 0 Å². The first-order valence-corrected chi connectivity index (χ1v) is 2.67. The Kier molecular flexibility index (Phi) is 4.03. The molecule has 6 heteroatoms. The van der Waals surface area contributed by atoms with Gasteiger partial charge in [0.25, 0.3) is 0 Å². The molecule has 0 aliphatic rings. The van der Waals surface area contributed by atoms with E-state index >= 15 is 0 Å². The van der Waals surface area contributed by atoms with Crippen molar-refractivity contribution in [2.75, 3.05) is 0 Å². The van der Waals surface area contributed by atoms with E-state index in [-0.39, 0.29) is 17.9 Å². The second kappa shape index (κ2) is 4.28. The van der Waals surface area contributed by atoms with E-state index in [0.29, 0.717) is 0 Å². The molecule has 3 nitrogen and oxygen atoms in total. The van der Waals surface area contributed by atoms with E-state index in [1.807, 2.05) is 0 Å². The molecule has 0 radical (unpaired) electrons. The van der Waals surface area contributed by atoms with Gasteiger partial charge in [-0.2, -0.15) is 0 Å². The minimum Gasteiger partial charge on any atom is -0.423 e. The number of halogens is 2. The topological polar surface area (TPSA) is 53.4 Å². The third kappa shape index (κ3) is 2.46. The molecule has 2 N–H and O–H groups in total. The molecule has 0 bridgehead atoms. The second-order valence-electron chi connectivity index (χ2n) is 1.77. The highest BCUT2D eigenvalue weighted by molar-refractivity contribution is 6.58. The smallest absolute Gasteiger partial charge is 0.423 e. The SMILES string of the molecule is Cl.OB(O)c1cnccc1F. The molecule has 0 aromatic carbocycles. The van der Waals surface area contributed by atoms with E-state index in [0.717, 1.165) is 12.3 Å². The monoisotopic (exact) mass is 177 g/mol. The van der Waals surface area contributed by atoms with Crippen molar-refractivity contribution in [3.63, 3.8) is 0 Å². The van der Waals surface area contributed by atoms with Crippen molar-refractivity contribution in [1.29, 1.82) is 0 Å². The molecule has 0 unspecified atom stereocenters. The maximum atomic E-state index is 12.5. The number of hydrogen-bond donors (Lipinski definition) is 2. The van der Waals surface area contributed by atoms with Gasteiger partial charge in [-0.15, -0.1) is 12.4 Å². The summed E-state index contributed by atoms with van der Waals surface area (Å²) in [5.41, 5.74) is -0.206. The summed E-state index contributed by atoms with van der Waals surface area (Å²) < 4.78 is 12.5. The van der Waals surface area contributed by atoms with Crippen molar-refractivity contribution in [2.45, 2.75) is 0 Å². The van der Waals surface area contributed by atoms with Gasteiger partial charge in [-0.1, -0.05) is 0 Å². The minimum absolute atomic E-state index is 0. The van der Waals surface area contributed by atoms with Gasteiger partial charge in [0.1, 0.15) is 5.82 Å². The average Bonchev–Trinajstić information content (AvgIpc) is 1.88. The fraction of sp³-hybridized carbons (Fsp3) is 0. The average molecular weight is 177 g/mol. The van der Waals surface area contributed by atoms with Crippen LogP contribution >= 0.6 is 12.4 Å². The van der Waals surface area contributed by atoms with E-state index in [1.165, 1.54) is 6.20 Å². The first-order valence-electron chi connectivity index (χ1n) is 2.67. The first kappa shape index (κ1) is 10.4. The highest BCUT2D eigenvalue weighted by Crippen LogP contribution is 1.89. The van der Waals surface area contributed by atoms with Crippen LogP contribution in [0.3, 0.4) is 0 Å². The van der Waals surface area contributed by atoms with Crippen LogP contribution in [0.4, 0.5) is 4.39 Å². The van der Waals surface area contributed by atoms with Gasteiger partial charge in [0.05, 0.1) is 0 Å². The second-order valence-corrected chi connectivity index (χ2v) is 1.77. The van der Waals surface area contributed by atoms with Gasteiger partial charge in [0.15, 0.2) is 0 Å².